The summed E-state index contributed by atoms with van der Waals surface area (Å²) < 4.78 is 6.42. The zero-order valence-corrected chi connectivity index (χ0v) is 11.9. The molecule has 6 nitrogen and oxygen atoms in total. The second-order valence-corrected chi connectivity index (χ2v) is 4.68. The van der Waals surface area contributed by atoms with Gasteiger partial charge in [-0.25, -0.2) is 4.68 Å². The van der Waals surface area contributed by atoms with E-state index in [0.29, 0.717) is 26.1 Å². The van der Waals surface area contributed by atoms with Crippen LogP contribution in [0.2, 0.25) is 0 Å². The van der Waals surface area contributed by atoms with Gasteiger partial charge in [-0.2, -0.15) is 5.10 Å². The highest BCUT2D eigenvalue weighted by Crippen LogP contribution is 2.06. The number of anilines is 1. The summed E-state index contributed by atoms with van der Waals surface area (Å²) in [7, 11) is 3.54. The van der Waals surface area contributed by atoms with Gasteiger partial charge in [0.15, 0.2) is 0 Å². The minimum atomic E-state index is -0.338. The van der Waals surface area contributed by atoms with E-state index in [1.54, 1.807) is 26.3 Å². The fourth-order valence-electron chi connectivity index (χ4n) is 1.69. The van der Waals surface area contributed by atoms with Crippen LogP contribution in [0.25, 0.3) is 0 Å². The van der Waals surface area contributed by atoms with Crippen LogP contribution in [-0.4, -0.2) is 48.3 Å². The summed E-state index contributed by atoms with van der Waals surface area (Å²) in [6, 6.07) is 1.57. The van der Waals surface area contributed by atoms with Crippen LogP contribution in [0.4, 0.5) is 5.69 Å². The van der Waals surface area contributed by atoms with Crippen molar-refractivity contribution in [2.45, 2.75) is 32.4 Å². The largest absolute Gasteiger partial charge is 0.393 e. The Labute approximate surface area is 113 Å². The maximum atomic E-state index is 11.9. The molecule has 0 saturated carbocycles. The molecule has 0 aliphatic heterocycles. The highest BCUT2D eigenvalue weighted by atomic mass is 16.5. The molecule has 1 rings (SSSR count). The zero-order chi connectivity index (χ0) is 14.3. The number of aliphatic hydroxyl groups excluding tert-OH is 1. The molecule has 108 valence electrons. The molecule has 0 aliphatic rings. The highest BCUT2D eigenvalue weighted by molar-refractivity contribution is 5.41. The maximum Gasteiger partial charge on any atom is 0.268 e. The van der Waals surface area contributed by atoms with Crippen molar-refractivity contribution in [3.8, 4) is 0 Å². The molecule has 0 aliphatic carbocycles. The van der Waals surface area contributed by atoms with Crippen LogP contribution in [0.3, 0.4) is 0 Å². The lowest BCUT2D eigenvalue weighted by Gasteiger charge is -2.18. The fourth-order valence-corrected chi connectivity index (χ4v) is 1.69. The second-order valence-electron chi connectivity index (χ2n) is 4.68. The van der Waals surface area contributed by atoms with Gasteiger partial charge in [-0.3, -0.25) is 4.79 Å². The summed E-state index contributed by atoms with van der Waals surface area (Å²) in [4.78, 5) is 13.8. The van der Waals surface area contributed by atoms with E-state index < -0.39 is 0 Å². The van der Waals surface area contributed by atoms with Crippen LogP contribution < -0.4 is 10.5 Å². The van der Waals surface area contributed by atoms with Gasteiger partial charge in [0.25, 0.3) is 5.56 Å². The van der Waals surface area contributed by atoms with E-state index in [1.807, 2.05) is 11.9 Å². The summed E-state index contributed by atoms with van der Waals surface area (Å²) in [5.74, 6) is 0. The molecule has 0 aromatic carbocycles. The second kappa shape index (κ2) is 7.91. The molecule has 1 aromatic heterocycles. The molecular weight excluding hydrogens is 246 g/mol. The molecule has 0 radical (unpaired) electrons. The predicted octanol–water partition coefficient (Wildman–Crippen LogP) is 0.487. The third-order valence-corrected chi connectivity index (χ3v) is 2.92. The molecule has 1 atom stereocenters. The third kappa shape index (κ3) is 5.40. The molecule has 6 heteroatoms. The van der Waals surface area contributed by atoms with Gasteiger partial charge < -0.3 is 14.7 Å². The smallest absolute Gasteiger partial charge is 0.268 e. The monoisotopic (exact) mass is 269 g/mol. The van der Waals surface area contributed by atoms with Gasteiger partial charge in [0, 0.05) is 33.3 Å². The Balaban J connectivity index is 2.61. The fraction of sp³-hybridized carbons (Fsp3) is 0.692. The van der Waals surface area contributed by atoms with Crippen molar-refractivity contribution in [3.05, 3.63) is 22.6 Å². The highest BCUT2D eigenvalue weighted by Gasteiger charge is 2.05. The number of hydrogen-bond donors (Lipinski definition) is 1. The Morgan fingerprint density at radius 3 is 2.89 bits per heavy atom. The lowest BCUT2D eigenvalue weighted by Crippen LogP contribution is -2.27. The number of hydrogen-bond acceptors (Lipinski definition) is 5. The minimum Gasteiger partial charge on any atom is -0.393 e. The Morgan fingerprint density at radius 2 is 2.32 bits per heavy atom. The van der Waals surface area contributed by atoms with E-state index in [4.69, 9.17) is 4.74 Å². The number of ether oxygens (including phenoxy) is 1. The molecule has 0 amide bonds. The van der Waals surface area contributed by atoms with Crippen molar-refractivity contribution in [2.75, 3.05) is 32.2 Å². The first-order valence-corrected chi connectivity index (χ1v) is 6.50. The first-order chi connectivity index (χ1) is 9.04. The summed E-state index contributed by atoms with van der Waals surface area (Å²) >= 11 is 0. The molecule has 0 saturated heterocycles. The number of nitrogens with zero attached hydrogens (tertiary/aromatic N) is 3. The normalized spacial score (nSPS) is 12.4. The predicted molar refractivity (Wildman–Crippen MR) is 74.6 cm³/mol. The Kier molecular flexibility index (Phi) is 6.52. The van der Waals surface area contributed by atoms with Crippen molar-refractivity contribution in [1.82, 2.24) is 9.78 Å². The summed E-state index contributed by atoms with van der Waals surface area (Å²) in [6.45, 7) is 3.59. The van der Waals surface area contributed by atoms with Gasteiger partial charge >= 0.3 is 0 Å². The third-order valence-electron chi connectivity index (χ3n) is 2.92. The minimum absolute atomic E-state index is 0.118. The molecule has 0 fully saturated rings. The standard InChI is InChI=1S/C13H23N3O3/c1-11(17)5-4-6-16-13(18)9-12(10-14-16)15(2)7-8-19-3/h9-11,17H,4-8H2,1-3H3. The molecule has 19 heavy (non-hydrogen) atoms. The molecule has 0 bridgehead atoms. The first kappa shape index (κ1) is 15.7. The van der Waals surface area contributed by atoms with Crippen LogP contribution in [0.15, 0.2) is 17.1 Å². The maximum absolute atomic E-state index is 11.9. The van der Waals surface area contributed by atoms with Crippen LogP contribution in [0.1, 0.15) is 19.8 Å². The first-order valence-electron chi connectivity index (χ1n) is 6.50. The van der Waals surface area contributed by atoms with E-state index in [1.165, 1.54) is 4.68 Å². The van der Waals surface area contributed by atoms with Crippen LogP contribution in [-0.2, 0) is 11.3 Å². The average Bonchev–Trinajstić information content (AvgIpc) is 2.37. The van der Waals surface area contributed by atoms with Gasteiger partial charge in [0.1, 0.15) is 0 Å². The molecular formula is C13H23N3O3. The number of rotatable bonds is 8. The number of likely N-dealkylation sites (N-methyl/N-ethyl adjacent to an activating group) is 1. The SMILES string of the molecule is COCCN(C)c1cnn(CCCC(C)O)c(=O)c1. The van der Waals surface area contributed by atoms with Gasteiger partial charge in [0.05, 0.1) is 24.6 Å². The number of aromatic nitrogens is 2. The van der Waals surface area contributed by atoms with Crippen LogP contribution in [0, 0.1) is 0 Å². The topological polar surface area (TPSA) is 67.6 Å². The zero-order valence-electron chi connectivity index (χ0n) is 11.9. The van der Waals surface area contributed by atoms with Crippen molar-refractivity contribution in [3.63, 3.8) is 0 Å². The van der Waals surface area contributed by atoms with Gasteiger partial charge in [-0.1, -0.05) is 0 Å². The Hall–Kier alpha value is -1.40. The number of aliphatic hydroxyl groups is 1. The average molecular weight is 269 g/mol. The number of aryl methyl sites for hydroxylation is 1. The number of methoxy groups -OCH3 is 1. The quantitative estimate of drug-likeness (QED) is 0.744. The molecule has 1 heterocycles. The summed E-state index contributed by atoms with van der Waals surface area (Å²) in [5.41, 5.74) is 0.668. The van der Waals surface area contributed by atoms with E-state index in [0.717, 1.165) is 12.1 Å². The van der Waals surface area contributed by atoms with Gasteiger partial charge in [0.2, 0.25) is 0 Å². The van der Waals surface area contributed by atoms with Crippen molar-refractivity contribution in [1.29, 1.82) is 0 Å². The van der Waals surface area contributed by atoms with Crippen molar-refractivity contribution >= 4 is 5.69 Å². The summed E-state index contributed by atoms with van der Waals surface area (Å²) in [6.07, 6.45) is 2.75. The summed E-state index contributed by atoms with van der Waals surface area (Å²) in [5, 5.41) is 13.3. The van der Waals surface area contributed by atoms with E-state index in [9.17, 15) is 9.90 Å². The van der Waals surface area contributed by atoms with Crippen molar-refractivity contribution in [2.24, 2.45) is 0 Å². The van der Waals surface area contributed by atoms with E-state index in [2.05, 4.69) is 5.10 Å². The Morgan fingerprint density at radius 1 is 1.58 bits per heavy atom. The lowest BCUT2D eigenvalue weighted by atomic mass is 10.2. The lowest BCUT2D eigenvalue weighted by molar-refractivity contribution is 0.178. The van der Waals surface area contributed by atoms with Crippen molar-refractivity contribution < 1.29 is 9.84 Å². The van der Waals surface area contributed by atoms with Gasteiger partial charge in [-0.15, -0.1) is 0 Å². The molecule has 1 N–H and O–H groups in total. The van der Waals surface area contributed by atoms with E-state index >= 15 is 0 Å². The van der Waals surface area contributed by atoms with Crippen LogP contribution in [0.5, 0.6) is 0 Å². The molecule has 1 unspecified atom stereocenters. The van der Waals surface area contributed by atoms with E-state index in [-0.39, 0.29) is 11.7 Å². The molecule has 1 aromatic rings. The van der Waals surface area contributed by atoms with Crippen LogP contribution >= 0.6 is 0 Å². The Bertz CT molecular complexity index is 431. The molecule has 0 spiro atoms. The van der Waals surface area contributed by atoms with Gasteiger partial charge in [-0.05, 0) is 19.8 Å².